The van der Waals surface area contributed by atoms with E-state index in [2.05, 4.69) is 5.38 Å². The molecular weight excluding hydrogens is 310 g/mol. The van der Waals surface area contributed by atoms with E-state index in [-0.39, 0.29) is 6.79 Å². The Kier molecular flexibility index (Phi) is 3.63. The van der Waals surface area contributed by atoms with Gasteiger partial charge in [0.05, 0.1) is 12.3 Å². The highest BCUT2D eigenvalue weighted by Crippen LogP contribution is 2.37. The first-order valence-electron chi connectivity index (χ1n) is 7.42. The highest BCUT2D eigenvalue weighted by atomic mass is 32.1. The lowest BCUT2D eigenvalue weighted by atomic mass is 10.1. The van der Waals surface area contributed by atoms with Crippen LogP contribution in [0.25, 0.3) is 21.8 Å². The average molecular weight is 325 g/mol. The maximum Gasteiger partial charge on any atom is 0.231 e. The van der Waals surface area contributed by atoms with Crippen LogP contribution in [0.3, 0.4) is 0 Å². The number of benzene rings is 2. The van der Waals surface area contributed by atoms with Gasteiger partial charge in [0.15, 0.2) is 11.5 Å². The molecule has 2 aromatic carbocycles. The first-order valence-corrected chi connectivity index (χ1v) is 8.30. The minimum Gasteiger partial charge on any atom is -0.494 e. The Labute approximate surface area is 138 Å². The Hall–Kier alpha value is -2.53. The van der Waals surface area contributed by atoms with Crippen molar-refractivity contribution in [2.45, 2.75) is 6.92 Å². The van der Waals surface area contributed by atoms with E-state index in [9.17, 15) is 0 Å². The quantitative estimate of drug-likeness (QED) is 0.702. The van der Waals surface area contributed by atoms with Gasteiger partial charge in [0.2, 0.25) is 6.79 Å². The van der Waals surface area contributed by atoms with Crippen molar-refractivity contribution >= 4 is 11.3 Å². The molecule has 1 aliphatic heterocycles. The molecular formula is C18H15NO3S. The van der Waals surface area contributed by atoms with Crippen molar-refractivity contribution in [3.05, 3.63) is 47.8 Å². The van der Waals surface area contributed by atoms with Crippen molar-refractivity contribution < 1.29 is 14.2 Å². The van der Waals surface area contributed by atoms with Crippen LogP contribution in [0.5, 0.6) is 17.2 Å². The number of rotatable bonds is 4. The van der Waals surface area contributed by atoms with Crippen LogP contribution in [0.15, 0.2) is 47.8 Å². The van der Waals surface area contributed by atoms with E-state index in [0.29, 0.717) is 6.61 Å². The van der Waals surface area contributed by atoms with E-state index >= 15 is 0 Å². The molecule has 4 nitrogen and oxygen atoms in total. The summed E-state index contributed by atoms with van der Waals surface area (Å²) in [6.07, 6.45) is 0. The fourth-order valence-corrected chi connectivity index (χ4v) is 3.29. The van der Waals surface area contributed by atoms with Crippen molar-refractivity contribution in [1.82, 2.24) is 4.98 Å². The molecule has 0 saturated heterocycles. The molecule has 4 rings (SSSR count). The van der Waals surface area contributed by atoms with Crippen molar-refractivity contribution in [3.63, 3.8) is 0 Å². The van der Waals surface area contributed by atoms with Gasteiger partial charge >= 0.3 is 0 Å². The molecule has 0 atom stereocenters. The molecule has 5 heteroatoms. The van der Waals surface area contributed by atoms with Crippen LogP contribution in [0.4, 0.5) is 0 Å². The standard InChI is InChI=1S/C18H15NO3S/c1-2-20-14-6-3-12(4-7-14)18-19-15(10-23-18)13-5-8-16-17(9-13)22-11-21-16/h3-10H,2,11H2,1H3. The summed E-state index contributed by atoms with van der Waals surface area (Å²) in [6.45, 7) is 2.94. The number of ether oxygens (including phenoxy) is 3. The van der Waals surface area contributed by atoms with Crippen molar-refractivity contribution in [2.24, 2.45) is 0 Å². The van der Waals surface area contributed by atoms with Gasteiger partial charge in [-0.1, -0.05) is 0 Å². The fraction of sp³-hybridized carbons (Fsp3) is 0.167. The molecule has 23 heavy (non-hydrogen) atoms. The molecule has 0 bridgehead atoms. The van der Waals surface area contributed by atoms with Crippen molar-refractivity contribution in [2.75, 3.05) is 13.4 Å². The smallest absolute Gasteiger partial charge is 0.231 e. The molecule has 0 amide bonds. The Bertz CT molecular complexity index is 827. The summed E-state index contributed by atoms with van der Waals surface area (Å²) < 4.78 is 16.2. The van der Waals surface area contributed by atoms with Gasteiger partial charge in [-0.3, -0.25) is 0 Å². The van der Waals surface area contributed by atoms with Crippen LogP contribution in [0.1, 0.15) is 6.92 Å². The molecule has 0 unspecified atom stereocenters. The van der Waals surface area contributed by atoms with Crippen LogP contribution in [-0.4, -0.2) is 18.4 Å². The Morgan fingerprint density at radius 2 is 1.83 bits per heavy atom. The second-order valence-electron chi connectivity index (χ2n) is 5.06. The number of fused-ring (bicyclic) bond motifs is 1. The lowest BCUT2D eigenvalue weighted by Gasteiger charge is -2.03. The van der Waals surface area contributed by atoms with Gasteiger partial charge in [0.25, 0.3) is 0 Å². The molecule has 1 aromatic heterocycles. The number of hydrogen-bond donors (Lipinski definition) is 0. The first-order chi connectivity index (χ1) is 11.3. The lowest BCUT2D eigenvalue weighted by Crippen LogP contribution is -1.92. The second kappa shape index (κ2) is 5.93. The maximum atomic E-state index is 5.47. The summed E-state index contributed by atoms with van der Waals surface area (Å²) in [5, 5.41) is 3.05. The molecule has 0 aliphatic carbocycles. The first kappa shape index (κ1) is 14.1. The molecule has 0 radical (unpaired) electrons. The Morgan fingerprint density at radius 1 is 1.04 bits per heavy atom. The summed E-state index contributed by atoms with van der Waals surface area (Å²) >= 11 is 1.63. The SMILES string of the molecule is CCOc1ccc(-c2nc(-c3ccc4c(c3)OCO4)cs2)cc1. The largest absolute Gasteiger partial charge is 0.494 e. The van der Waals surface area contributed by atoms with Crippen LogP contribution >= 0.6 is 11.3 Å². The van der Waals surface area contributed by atoms with E-state index in [0.717, 1.165) is 39.1 Å². The van der Waals surface area contributed by atoms with Gasteiger partial charge in [-0.25, -0.2) is 4.98 Å². The molecule has 0 saturated carbocycles. The minimum absolute atomic E-state index is 0.285. The van der Waals surface area contributed by atoms with Crippen LogP contribution in [0.2, 0.25) is 0 Å². The fourth-order valence-electron chi connectivity index (χ4n) is 2.46. The lowest BCUT2D eigenvalue weighted by molar-refractivity contribution is 0.174. The third-order valence-corrected chi connectivity index (χ3v) is 4.48. The van der Waals surface area contributed by atoms with Crippen molar-refractivity contribution in [3.8, 4) is 39.1 Å². The van der Waals surface area contributed by atoms with Gasteiger partial charge in [-0.15, -0.1) is 11.3 Å². The predicted molar refractivity (Wildman–Crippen MR) is 90.3 cm³/mol. The minimum atomic E-state index is 0.285. The number of aromatic nitrogens is 1. The molecule has 2 heterocycles. The van der Waals surface area contributed by atoms with Crippen LogP contribution in [0, 0.1) is 0 Å². The van der Waals surface area contributed by atoms with Gasteiger partial charge < -0.3 is 14.2 Å². The molecule has 0 N–H and O–H groups in total. The molecule has 0 fully saturated rings. The molecule has 1 aliphatic rings. The van der Waals surface area contributed by atoms with E-state index in [1.54, 1.807) is 11.3 Å². The monoisotopic (exact) mass is 325 g/mol. The topological polar surface area (TPSA) is 40.6 Å². The summed E-state index contributed by atoms with van der Waals surface area (Å²) in [5.74, 6) is 2.44. The zero-order valence-corrected chi connectivity index (χ0v) is 13.4. The van der Waals surface area contributed by atoms with Gasteiger partial charge in [0.1, 0.15) is 10.8 Å². The average Bonchev–Trinajstić information content (AvgIpc) is 3.24. The third-order valence-electron chi connectivity index (χ3n) is 3.58. The van der Waals surface area contributed by atoms with Gasteiger partial charge in [-0.2, -0.15) is 0 Å². The van der Waals surface area contributed by atoms with E-state index in [1.807, 2.05) is 49.4 Å². The number of thiazole rings is 1. The van der Waals surface area contributed by atoms with Gasteiger partial charge in [-0.05, 0) is 49.4 Å². The highest BCUT2D eigenvalue weighted by Gasteiger charge is 2.15. The summed E-state index contributed by atoms with van der Waals surface area (Å²) in [4.78, 5) is 4.73. The molecule has 3 aromatic rings. The number of hydrogen-bond acceptors (Lipinski definition) is 5. The second-order valence-corrected chi connectivity index (χ2v) is 5.92. The van der Waals surface area contributed by atoms with E-state index in [1.165, 1.54) is 0 Å². The van der Waals surface area contributed by atoms with Gasteiger partial charge in [0, 0.05) is 16.5 Å². The highest BCUT2D eigenvalue weighted by molar-refractivity contribution is 7.13. The third kappa shape index (κ3) is 2.75. The predicted octanol–water partition coefficient (Wildman–Crippen LogP) is 4.60. The zero-order chi connectivity index (χ0) is 15.6. The van der Waals surface area contributed by atoms with E-state index in [4.69, 9.17) is 19.2 Å². The van der Waals surface area contributed by atoms with Crippen LogP contribution < -0.4 is 14.2 Å². The summed E-state index contributed by atoms with van der Waals surface area (Å²) in [7, 11) is 0. The Morgan fingerprint density at radius 3 is 2.65 bits per heavy atom. The summed E-state index contributed by atoms with van der Waals surface area (Å²) in [5.41, 5.74) is 3.06. The Balaban J connectivity index is 1.61. The van der Waals surface area contributed by atoms with Crippen LogP contribution in [-0.2, 0) is 0 Å². The molecule has 116 valence electrons. The number of nitrogens with zero attached hydrogens (tertiary/aromatic N) is 1. The van der Waals surface area contributed by atoms with E-state index < -0.39 is 0 Å². The normalized spacial score (nSPS) is 12.4. The summed E-state index contributed by atoms with van der Waals surface area (Å²) in [6, 6.07) is 13.9. The molecule has 0 spiro atoms. The zero-order valence-electron chi connectivity index (χ0n) is 12.6. The maximum absolute atomic E-state index is 5.47. The van der Waals surface area contributed by atoms with Crippen molar-refractivity contribution in [1.29, 1.82) is 0 Å².